The summed E-state index contributed by atoms with van der Waals surface area (Å²) in [6.07, 6.45) is 1.92. The lowest BCUT2D eigenvalue weighted by Crippen LogP contribution is -2.25. The third kappa shape index (κ3) is 5.50. The van der Waals surface area contributed by atoms with E-state index in [-0.39, 0.29) is 5.91 Å². The fourth-order valence-corrected chi connectivity index (χ4v) is 3.76. The first-order chi connectivity index (χ1) is 12.8. The van der Waals surface area contributed by atoms with Crippen molar-refractivity contribution in [3.8, 4) is 0 Å². The van der Waals surface area contributed by atoms with E-state index >= 15 is 0 Å². The molecule has 0 aliphatic heterocycles. The second-order valence-corrected chi connectivity index (χ2v) is 7.13. The minimum atomic E-state index is 0.00854. The number of thioether (sulfide) groups is 1. The van der Waals surface area contributed by atoms with Crippen LogP contribution in [0.1, 0.15) is 27.9 Å². The molecule has 26 heavy (non-hydrogen) atoms. The first-order valence-electron chi connectivity index (χ1n) is 8.91. The number of hydrogen-bond donors (Lipinski definition) is 1. The third-order valence-corrected chi connectivity index (χ3v) is 5.28. The predicted molar refractivity (Wildman–Crippen MR) is 110 cm³/mol. The summed E-state index contributed by atoms with van der Waals surface area (Å²) in [5, 5.41) is 3.06. The zero-order chi connectivity index (χ0) is 18.0. The van der Waals surface area contributed by atoms with Gasteiger partial charge in [0.2, 0.25) is 0 Å². The summed E-state index contributed by atoms with van der Waals surface area (Å²) in [4.78, 5) is 13.6. The number of aryl methyl sites for hydroxylation is 1. The molecule has 0 unspecified atom stereocenters. The van der Waals surface area contributed by atoms with E-state index in [0.29, 0.717) is 6.54 Å². The molecule has 0 saturated carbocycles. The standard InChI is InChI=1S/C23H23NOS/c25-23(24-17-9-14-19-10-3-1-4-11-19)21-15-7-8-16-22(21)26-18-20-12-5-2-6-13-20/h1-8,10-13,15-16H,9,14,17-18H2,(H,24,25). The Morgan fingerprint density at radius 3 is 2.12 bits per heavy atom. The van der Waals surface area contributed by atoms with Gasteiger partial charge in [-0.15, -0.1) is 11.8 Å². The molecule has 0 aromatic heterocycles. The second-order valence-electron chi connectivity index (χ2n) is 6.12. The van der Waals surface area contributed by atoms with Crippen molar-refractivity contribution in [2.45, 2.75) is 23.5 Å². The Labute approximate surface area is 159 Å². The van der Waals surface area contributed by atoms with Crippen LogP contribution < -0.4 is 5.32 Å². The van der Waals surface area contributed by atoms with E-state index in [4.69, 9.17) is 0 Å². The van der Waals surface area contributed by atoms with Gasteiger partial charge >= 0.3 is 0 Å². The van der Waals surface area contributed by atoms with Crippen molar-refractivity contribution in [1.82, 2.24) is 5.32 Å². The largest absolute Gasteiger partial charge is 0.352 e. The highest BCUT2D eigenvalue weighted by atomic mass is 32.2. The van der Waals surface area contributed by atoms with Gasteiger partial charge in [0.1, 0.15) is 0 Å². The highest BCUT2D eigenvalue weighted by molar-refractivity contribution is 7.98. The maximum Gasteiger partial charge on any atom is 0.252 e. The molecule has 1 amide bonds. The zero-order valence-corrected chi connectivity index (χ0v) is 15.5. The lowest BCUT2D eigenvalue weighted by atomic mass is 10.1. The molecule has 0 bridgehead atoms. The topological polar surface area (TPSA) is 29.1 Å². The van der Waals surface area contributed by atoms with Gasteiger partial charge in [-0.25, -0.2) is 0 Å². The number of hydrogen-bond acceptors (Lipinski definition) is 2. The maximum absolute atomic E-state index is 12.6. The monoisotopic (exact) mass is 361 g/mol. The molecule has 0 aliphatic carbocycles. The molecule has 0 radical (unpaired) electrons. The summed E-state index contributed by atoms with van der Waals surface area (Å²) in [5.74, 6) is 0.869. The Morgan fingerprint density at radius 1 is 0.769 bits per heavy atom. The Bertz CT molecular complexity index is 818. The van der Waals surface area contributed by atoms with Crippen LogP contribution in [0.5, 0.6) is 0 Å². The van der Waals surface area contributed by atoms with Gasteiger partial charge in [0.25, 0.3) is 5.91 Å². The van der Waals surface area contributed by atoms with Crippen LogP contribution in [-0.2, 0) is 12.2 Å². The SMILES string of the molecule is O=C(NCCCc1ccccc1)c1ccccc1SCc1ccccc1. The lowest BCUT2D eigenvalue weighted by Gasteiger charge is -2.10. The van der Waals surface area contributed by atoms with Crippen LogP contribution in [0.3, 0.4) is 0 Å². The number of benzene rings is 3. The third-order valence-electron chi connectivity index (χ3n) is 4.14. The number of carbonyl (C=O) groups is 1. The van der Waals surface area contributed by atoms with Gasteiger partial charge in [-0.2, -0.15) is 0 Å². The fraction of sp³-hybridized carbons (Fsp3) is 0.174. The maximum atomic E-state index is 12.6. The fourth-order valence-electron chi connectivity index (χ4n) is 2.75. The van der Waals surface area contributed by atoms with Crippen LogP contribution in [0, 0.1) is 0 Å². The van der Waals surface area contributed by atoms with Gasteiger partial charge in [0.15, 0.2) is 0 Å². The molecule has 1 N–H and O–H groups in total. The molecule has 2 nitrogen and oxygen atoms in total. The van der Waals surface area contributed by atoms with E-state index in [9.17, 15) is 4.79 Å². The Kier molecular flexibility index (Phi) is 6.91. The van der Waals surface area contributed by atoms with Crippen LogP contribution in [0.15, 0.2) is 89.8 Å². The number of carbonyl (C=O) groups excluding carboxylic acids is 1. The van der Waals surface area contributed by atoms with E-state index in [1.165, 1.54) is 11.1 Å². The minimum absolute atomic E-state index is 0.00854. The Morgan fingerprint density at radius 2 is 1.38 bits per heavy atom. The molecule has 0 heterocycles. The van der Waals surface area contributed by atoms with Gasteiger partial charge in [-0.05, 0) is 36.1 Å². The molecular weight excluding hydrogens is 338 g/mol. The number of nitrogens with one attached hydrogen (secondary N) is 1. The molecule has 0 aliphatic rings. The Balaban J connectivity index is 1.52. The molecule has 3 heteroatoms. The van der Waals surface area contributed by atoms with Gasteiger partial charge in [-0.3, -0.25) is 4.79 Å². The first-order valence-corrected chi connectivity index (χ1v) is 9.89. The predicted octanol–water partition coefficient (Wildman–Crippen LogP) is 5.34. The number of amides is 1. The van der Waals surface area contributed by atoms with Crippen molar-refractivity contribution in [3.05, 3.63) is 102 Å². The second kappa shape index (κ2) is 9.83. The summed E-state index contributed by atoms with van der Waals surface area (Å²) in [6, 6.07) is 28.5. The minimum Gasteiger partial charge on any atom is -0.352 e. The smallest absolute Gasteiger partial charge is 0.252 e. The molecule has 0 atom stereocenters. The lowest BCUT2D eigenvalue weighted by molar-refractivity contribution is 0.0950. The van der Waals surface area contributed by atoms with Crippen molar-refractivity contribution >= 4 is 17.7 Å². The molecule has 3 aromatic carbocycles. The van der Waals surface area contributed by atoms with Crippen molar-refractivity contribution < 1.29 is 4.79 Å². The summed E-state index contributed by atoms with van der Waals surface area (Å²) in [5.41, 5.74) is 3.32. The summed E-state index contributed by atoms with van der Waals surface area (Å²) in [6.45, 7) is 0.686. The van der Waals surface area contributed by atoms with E-state index in [1.807, 2.05) is 60.7 Å². The molecule has 0 saturated heterocycles. The van der Waals surface area contributed by atoms with Crippen LogP contribution in [-0.4, -0.2) is 12.5 Å². The Hall–Kier alpha value is -2.52. The van der Waals surface area contributed by atoms with Crippen molar-refractivity contribution in [3.63, 3.8) is 0 Å². The van der Waals surface area contributed by atoms with Crippen molar-refractivity contribution in [2.75, 3.05) is 6.54 Å². The van der Waals surface area contributed by atoms with Gasteiger partial charge < -0.3 is 5.32 Å². The molecule has 0 spiro atoms. The normalized spacial score (nSPS) is 10.5. The highest BCUT2D eigenvalue weighted by Crippen LogP contribution is 2.26. The average molecular weight is 362 g/mol. The molecule has 0 fully saturated rings. The average Bonchev–Trinajstić information content (AvgIpc) is 2.71. The molecular formula is C23H23NOS. The molecule has 3 rings (SSSR count). The zero-order valence-electron chi connectivity index (χ0n) is 14.7. The van der Waals surface area contributed by atoms with Gasteiger partial charge in [0.05, 0.1) is 5.56 Å². The van der Waals surface area contributed by atoms with Crippen LogP contribution in [0.2, 0.25) is 0 Å². The summed E-state index contributed by atoms with van der Waals surface area (Å²) < 4.78 is 0. The van der Waals surface area contributed by atoms with E-state index in [0.717, 1.165) is 29.1 Å². The summed E-state index contributed by atoms with van der Waals surface area (Å²) in [7, 11) is 0. The highest BCUT2D eigenvalue weighted by Gasteiger charge is 2.11. The quantitative estimate of drug-likeness (QED) is 0.433. The number of rotatable bonds is 8. The van der Waals surface area contributed by atoms with E-state index in [1.54, 1.807) is 11.8 Å². The van der Waals surface area contributed by atoms with Crippen molar-refractivity contribution in [1.29, 1.82) is 0 Å². The van der Waals surface area contributed by atoms with Crippen LogP contribution in [0.25, 0.3) is 0 Å². The van der Waals surface area contributed by atoms with E-state index < -0.39 is 0 Å². The van der Waals surface area contributed by atoms with Crippen LogP contribution >= 0.6 is 11.8 Å². The molecule has 3 aromatic rings. The molecule has 132 valence electrons. The first kappa shape index (κ1) is 18.3. The van der Waals surface area contributed by atoms with Crippen molar-refractivity contribution in [2.24, 2.45) is 0 Å². The van der Waals surface area contributed by atoms with Crippen LogP contribution in [0.4, 0.5) is 0 Å². The van der Waals surface area contributed by atoms with E-state index in [2.05, 4.69) is 29.6 Å². The van der Waals surface area contributed by atoms with Gasteiger partial charge in [-0.1, -0.05) is 72.8 Å². The van der Waals surface area contributed by atoms with Gasteiger partial charge in [0, 0.05) is 17.2 Å². The summed E-state index contributed by atoms with van der Waals surface area (Å²) >= 11 is 1.70.